The van der Waals surface area contributed by atoms with Crippen molar-refractivity contribution in [3.8, 4) is 0 Å². The van der Waals surface area contributed by atoms with E-state index in [9.17, 15) is 14.7 Å². The minimum atomic E-state index is -1.05. The first-order valence-electron chi connectivity index (χ1n) is 11.5. The van der Waals surface area contributed by atoms with Crippen LogP contribution in [0.3, 0.4) is 0 Å². The van der Waals surface area contributed by atoms with Gasteiger partial charge in [-0.3, -0.25) is 4.79 Å². The number of carbonyl (C=O) groups is 2. The Labute approximate surface area is 173 Å². The molecule has 0 amide bonds. The van der Waals surface area contributed by atoms with E-state index in [1.165, 1.54) is 64.2 Å². The Bertz CT molecular complexity index is 404. The van der Waals surface area contributed by atoms with Crippen LogP contribution in [0.25, 0.3) is 0 Å². The summed E-state index contributed by atoms with van der Waals surface area (Å²) in [7, 11) is 5.98. The van der Waals surface area contributed by atoms with Crippen molar-refractivity contribution in [2.24, 2.45) is 0 Å². The monoisotopic (exact) mass is 400 g/mol. The number of carboxylic acids is 1. The maximum atomic E-state index is 11.9. The lowest BCUT2D eigenvalue weighted by atomic mass is 10.0. The summed E-state index contributed by atoms with van der Waals surface area (Å²) in [5, 5.41) is 9.22. The molecule has 0 aliphatic carbocycles. The first-order chi connectivity index (χ1) is 13.3. The van der Waals surface area contributed by atoms with E-state index in [1.807, 2.05) is 21.1 Å². The first kappa shape index (κ1) is 26.9. The van der Waals surface area contributed by atoms with Crippen LogP contribution >= 0.6 is 0 Å². The zero-order valence-corrected chi connectivity index (χ0v) is 19.0. The zero-order valence-electron chi connectivity index (χ0n) is 19.0. The van der Waals surface area contributed by atoms with Crippen molar-refractivity contribution in [3.05, 3.63) is 0 Å². The average molecular weight is 401 g/mol. The number of hydrogen-bond acceptors (Lipinski definition) is 3. The molecule has 0 spiro atoms. The minimum Gasteiger partial charge on any atom is -0.479 e. The number of carbonyl (C=O) groups excluding carboxylic acids is 1. The van der Waals surface area contributed by atoms with Crippen LogP contribution in [-0.4, -0.2) is 55.3 Å². The SMILES string of the molecule is CCCCCCCCCCCCCCCC(=O)OC(CC[N+](C)(C)C)C(=O)O. The molecule has 0 bridgehead atoms. The Morgan fingerprint density at radius 1 is 0.786 bits per heavy atom. The summed E-state index contributed by atoms with van der Waals surface area (Å²) in [6.07, 6.45) is 16.0. The highest BCUT2D eigenvalue weighted by Crippen LogP contribution is 2.13. The summed E-state index contributed by atoms with van der Waals surface area (Å²) in [6.45, 7) is 2.91. The molecule has 5 nitrogen and oxygen atoms in total. The van der Waals surface area contributed by atoms with Crippen LogP contribution < -0.4 is 0 Å². The Balaban J connectivity index is 3.59. The van der Waals surface area contributed by atoms with Gasteiger partial charge in [0.25, 0.3) is 0 Å². The second-order valence-corrected chi connectivity index (χ2v) is 9.11. The molecule has 0 aliphatic heterocycles. The van der Waals surface area contributed by atoms with Gasteiger partial charge in [0, 0.05) is 12.8 Å². The number of rotatable bonds is 19. The molecular formula is C23H46NO4+. The smallest absolute Gasteiger partial charge is 0.345 e. The highest BCUT2D eigenvalue weighted by atomic mass is 16.6. The summed E-state index contributed by atoms with van der Waals surface area (Å²) in [6, 6.07) is 0. The van der Waals surface area contributed by atoms with E-state index in [4.69, 9.17) is 4.74 Å². The van der Waals surface area contributed by atoms with Crippen molar-refractivity contribution >= 4 is 11.9 Å². The van der Waals surface area contributed by atoms with Crippen molar-refractivity contribution in [2.45, 2.75) is 109 Å². The fourth-order valence-electron chi connectivity index (χ4n) is 3.24. The highest BCUT2D eigenvalue weighted by molar-refractivity contribution is 5.77. The number of unbranched alkanes of at least 4 members (excludes halogenated alkanes) is 12. The van der Waals surface area contributed by atoms with E-state index in [-0.39, 0.29) is 5.97 Å². The summed E-state index contributed by atoms with van der Waals surface area (Å²) >= 11 is 0. The van der Waals surface area contributed by atoms with E-state index in [2.05, 4.69) is 6.92 Å². The molecule has 0 radical (unpaired) electrons. The molecule has 0 aromatic heterocycles. The van der Waals surface area contributed by atoms with Crippen LogP contribution in [0.4, 0.5) is 0 Å². The van der Waals surface area contributed by atoms with Crippen LogP contribution in [0.15, 0.2) is 0 Å². The Morgan fingerprint density at radius 2 is 1.21 bits per heavy atom. The summed E-state index contributed by atoms with van der Waals surface area (Å²) in [5.41, 5.74) is 0. The standard InChI is InChI=1S/C23H45NO4/c1-5-6-7-8-9-10-11-12-13-14-15-16-17-18-22(25)28-21(23(26)27)19-20-24(2,3)4/h21H,5-20H2,1-4H3/p+1. The molecule has 0 aliphatic rings. The lowest BCUT2D eigenvalue weighted by Crippen LogP contribution is -2.39. The van der Waals surface area contributed by atoms with Gasteiger partial charge in [0.05, 0.1) is 27.7 Å². The van der Waals surface area contributed by atoms with E-state index >= 15 is 0 Å². The van der Waals surface area contributed by atoms with Gasteiger partial charge in [-0.1, -0.05) is 84.0 Å². The maximum absolute atomic E-state index is 11.9. The lowest BCUT2D eigenvalue weighted by molar-refractivity contribution is -0.870. The lowest BCUT2D eigenvalue weighted by Gasteiger charge is -2.25. The highest BCUT2D eigenvalue weighted by Gasteiger charge is 2.24. The quantitative estimate of drug-likeness (QED) is 0.175. The molecule has 0 aromatic rings. The molecule has 0 saturated carbocycles. The predicted octanol–water partition coefficient (Wildman–Crippen LogP) is 5.56. The molecule has 28 heavy (non-hydrogen) atoms. The van der Waals surface area contributed by atoms with Gasteiger partial charge in [0.2, 0.25) is 6.10 Å². The van der Waals surface area contributed by atoms with Crippen molar-refractivity contribution in [1.29, 1.82) is 0 Å². The fraction of sp³-hybridized carbons (Fsp3) is 0.913. The molecular weight excluding hydrogens is 354 g/mol. The molecule has 0 rings (SSSR count). The predicted molar refractivity (Wildman–Crippen MR) is 115 cm³/mol. The van der Waals surface area contributed by atoms with E-state index in [0.717, 1.165) is 19.3 Å². The van der Waals surface area contributed by atoms with E-state index < -0.39 is 12.1 Å². The molecule has 1 atom stereocenters. The molecule has 0 aromatic carbocycles. The van der Waals surface area contributed by atoms with Crippen molar-refractivity contribution in [1.82, 2.24) is 0 Å². The van der Waals surface area contributed by atoms with Crippen LogP contribution in [0.1, 0.15) is 103 Å². The molecule has 1 unspecified atom stereocenters. The molecule has 0 saturated heterocycles. The Kier molecular flexibility index (Phi) is 16.2. The van der Waals surface area contributed by atoms with Crippen molar-refractivity contribution < 1.29 is 23.9 Å². The average Bonchev–Trinajstić information content (AvgIpc) is 2.61. The van der Waals surface area contributed by atoms with Gasteiger partial charge < -0.3 is 14.3 Å². The van der Waals surface area contributed by atoms with Gasteiger partial charge >= 0.3 is 11.9 Å². The number of esters is 1. The van der Waals surface area contributed by atoms with Gasteiger partial charge in [-0.25, -0.2) is 4.79 Å². The number of ether oxygens (including phenoxy) is 1. The largest absolute Gasteiger partial charge is 0.479 e. The maximum Gasteiger partial charge on any atom is 0.345 e. The zero-order chi connectivity index (χ0) is 21.3. The van der Waals surface area contributed by atoms with Crippen LogP contribution in [0, 0.1) is 0 Å². The number of hydrogen-bond donors (Lipinski definition) is 1. The third kappa shape index (κ3) is 18.3. The molecule has 0 fully saturated rings. The molecule has 5 heteroatoms. The molecule has 166 valence electrons. The van der Waals surface area contributed by atoms with Crippen LogP contribution in [0.5, 0.6) is 0 Å². The second kappa shape index (κ2) is 16.8. The van der Waals surface area contributed by atoms with Crippen molar-refractivity contribution in [3.63, 3.8) is 0 Å². The van der Waals surface area contributed by atoms with Gasteiger partial charge in [-0.05, 0) is 6.42 Å². The Morgan fingerprint density at radius 3 is 1.61 bits per heavy atom. The summed E-state index contributed by atoms with van der Waals surface area (Å²) < 4.78 is 5.82. The number of carboxylic acid groups (broad SMARTS) is 1. The van der Waals surface area contributed by atoms with Gasteiger partial charge in [-0.2, -0.15) is 0 Å². The first-order valence-corrected chi connectivity index (χ1v) is 11.5. The number of nitrogens with zero attached hydrogens (tertiary/aromatic N) is 1. The van der Waals surface area contributed by atoms with Gasteiger partial charge in [0.15, 0.2) is 0 Å². The third-order valence-electron chi connectivity index (χ3n) is 5.10. The normalized spacial score (nSPS) is 12.7. The fourth-order valence-corrected chi connectivity index (χ4v) is 3.24. The van der Waals surface area contributed by atoms with Crippen molar-refractivity contribution in [2.75, 3.05) is 27.7 Å². The minimum absolute atomic E-state index is 0.325. The van der Waals surface area contributed by atoms with Crippen LogP contribution in [0.2, 0.25) is 0 Å². The topological polar surface area (TPSA) is 63.6 Å². The Hall–Kier alpha value is -1.10. The number of quaternary nitrogens is 1. The van der Waals surface area contributed by atoms with E-state index in [1.54, 1.807) is 0 Å². The van der Waals surface area contributed by atoms with Crippen LogP contribution in [-0.2, 0) is 14.3 Å². The summed E-state index contributed by atoms with van der Waals surface area (Å²) in [5.74, 6) is -1.43. The second-order valence-electron chi connectivity index (χ2n) is 9.11. The van der Waals surface area contributed by atoms with Gasteiger partial charge in [-0.15, -0.1) is 0 Å². The summed E-state index contributed by atoms with van der Waals surface area (Å²) in [4.78, 5) is 23.1. The van der Waals surface area contributed by atoms with E-state index in [0.29, 0.717) is 23.9 Å². The van der Waals surface area contributed by atoms with Gasteiger partial charge in [0.1, 0.15) is 0 Å². The third-order valence-corrected chi connectivity index (χ3v) is 5.10. The number of aliphatic carboxylic acids is 1. The molecule has 1 N–H and O–H groups in total. The molecule has 0 heterocycles.